The summed E-state index contributed by atoms with van der Waals surface area (Å²) in [6.45, 7) is 4.28. The predicted octanol–water partition coefficient (Wildman–Crippen LogP) is 3.96. The first kappa shape index (κ1) is 18.8. The van der Waals surface area contributed by atoms with E-state index in [0.717, 1.165) is 6.20 Å². The van der Waals surface area contributed by atoms with Crippen molar-refractivity contribution in [3.05, 3.63) is 12.3 Å². The number of hydrogen-bond acceptors (Lipinski definition) is 3. The average Bonchev–Trinajstić information content (AvgIpc) is 2.30. The molecule has 0 aromatic heterocycles. The van der Waals surface area contributed by atoms with E-state index in [2.05, 4.69) is 21.8 Å². The van der Waals surface area contributed by atoms with E-state index in [4.69, 9.17) is 0 Å². The SMILES string of the molecule is CCN(/C=C/C(=N\N=C(/Cl)C(F)(F)F)C(F)(F)F)CC. The first-order chi connectivity index (χ1) is 9.02. The number of rotatable bonds is 5. The van der Waals surface area contributed by atoms with Gasteiger partial charge in [0.1, 0.15) is 0 Å². The molecule has 10 heteroatoms. The third kappa shape index (κ3) is 6.78. The maximum atomic E-state index is 12.5. The molecular formula is C10H12ClF6N3. The van der Waals surface area contributed by atoms with Crippen molar-refractivity contribution in [1.82, 2.24) is 4.90 Å². The van der Waals surface area contributed by atoms with Crippen molar-refractivity contribution in [3.63, 3.8) is 0 Å². The Morgan fingerprint density at radius 2 is 1.50 bits per heavy atom. The second-order valence-electron chi connectivity index (χ2n) is 3.41. The van der Waals surface area contributed by atoms with Crippen LogP contribution in [0.3, 0.4) is 0 Å². The molecule has 0 saturated carbocycles. The molecule has 0 atom stereocenters. The molecule has 0 radical (unpaired) electrons. The van der Waals surface area contributed by atoms with E-state index in [0.29, 0.717) is 19.2 Å². The van der Waals surface area contributed by atoms with Crippen LogP contribution in [-0.4, -0.2) is 41.2 Å². The molecule has 0 aromatic rings. The lowest BCUT2D eigenvalue weighted by Crippen LogP contribution is -2.23. The maximum absolute atomic E-state index is 12.5. The Morgan fingerprint density at radius 1 is 1.00 bits per heavy atom. The van der Waals surface area contributed by atoms with Crippen molar-refractivity contribution in [2.75, 3.05) is 13.1 Å². The molecule has 0 aromatic carbocycles. The fraction of sp³-hybridized carbons (Fsp3) is 0.600. The van der Waals surface area contributed by atoms with Gasteiger partial charge in [-0.05, 0) is 19.9 Å². The van der Waals surface area contributed by atoms with Gasteiger partial charge in [0.15, 0.2) is 5.71 Å². The molecule has 0 aliphatic rings. The lowest BCUT2D eigenvalue weighted by Gasteiger charge is -2.15. The molecule has 0 aliphatic carbocycles. The van der Waals surface area contributed by atoms with Gasteiger partial charge in [0.05, 0.1) is 0 Å². The van der Waals surface area contributed by atoms with E-state index in [-0.39, 0.29) is 0 Å². The monoisotopic (exact) mass is 323 g/mol. The second kappa shape index (κ2) is 7.51. The van der Waals surface area contributed by atoms with Gasteiger partial charge in [0.2, 0.25) is 5.17 Å². The van der Waals surface area contributed by atoms with Crippen LogP contribution in [0.4, 0.5) is 26.3 Å². The standard InChI is InChI=1S/C10H12ClF6N3/c1-3-20(4-2)6-5-7(9(12,13)14)18-19-8(11)10(15,16)17/h5-6H,3-4H2,1-2H3/b6-5+,18-7+,19-8-. The van der Waals surface area contributed by atoms with E-state index in [1.165, 1.54) is 4.90 Å². The Bertz CT molecular complexity index is 393. The minimum absolute atomic E-state index is 0.435. The summed E-state index contributed by atoms with van der Waals surface area (Å²) in [6, 6.07) is 0. The zero-order valence-corrected chi connectivity index (χ0v) is 11.3. The van der Waals surface area contributed by atoms with Crippen molar-refractivity contribution in [2.24, 2.45) is 10.2 Å². The zero-order chi connectivity index (χ0) is 16.0. The first-order valence-electron chi connectivity index (χ1n) is 5.40. The fourth-order valence-corrected chi connectivity index (χ4v) is 0.987. The molecule has 0 saturated heterocycles. The number of halogens is 7. The van der Waals surface area contributed by atoms with Gasteiger partial charge in [0.25, 0.3) is 0 Å². The van der Waals surface area contributed by atoms with E-state index in [9.17, 15) is 26.3 Å². The van der Waals surface area contributed by atoms with Gasteiger partial charge in [-0.1, -0.05) is 11.6 Å². The highest BCUT2D eigenvalue weighted by Crippen LogP contribution is 2.22. The smallest absolute Gasteiger partial charge is 0.378 e. The topological polar surface area (TPSA) is 28.0 Å². The molecule has 0 rings (SSSR count). The summed E-state index contributed by atoms with van der Waals surface area (Å²) in [6.07, 6.45) is -8.36. The normalized spacial score (nSPS) is 15.1. The van der Waals surface area contributed by atoms with Crippen LogP contribution in [0.25, 0.3) is 0 Å². The maximum Gasteiger partial charge on any atom is 0.446 e. The Morgan fingerprint density at radius 3 is 1.85 bits per heavy atom. The predicted molar refractivity (Wildman–Crippen MR) is 64.9 cm³/mol. The Labute approximate surface area is 116 Å². The summed E-state index contributed by atoms with van der Waals surface area (Å²) in [4.78, 5) is 1.50. The van der Waals surface area contributed by atoms with Crippen molar-refractivity contribution in [1.29, 1.82) is 0 Å². The lowest BCUT2D eigenvalue weighted by atomic mass is 10.3. The summed E-state index contributed by atoms with van der Waals surface area (Å²) >= 11 is 4.68. The summed E-state index contributed by atoms with van der Waals surface area (Å²) in [5.74, 6) is 0. The summed E-state index contributed by atoms with van der Waals surface area (Å²) in [5.41, 5.74) is -1.58. The van der Waals surface area contributed by atoms with Crippen LogP contribution in [-0.2, 0) is 0 Å². The molecule has 0 amide bonds. The summed E-state index contributed by atoms with van der Waals surface area (Å²) in [7, 11) is 0. The van der Waals surface area contributed by atoms with E-state index < -0.39 is 23.2 Å². The molecule has 116 valence electrons. The fourth-order valence-electron chi connectivity index (χ4n) is 0.949. The minimum atomic E-state index is -5.04. The Hall–Kier alpha value is -1.25. The molecule has 0 bridgehead atoms. The van der Waals surface area contributed by atoms with Crippen molar-refractivity contribution in [2.45, 2.75) is 26.2 Å². The van der Waals surface area contributed by atoms with Gasteiger partial charge in [-0.15, -0.1) is 10.2 Å². The van der Waals surface area contributed by atoms with E-state index >= 15 is 0 Å². The van der Waals surface area contributed by atoms with Gasteiger partial charge < -0.3 is 4.90 Å². The molecule has 0 N–H and O–H groups in total. The van der Waals surface area contributed by atoms with Crippen molar-refractivity contribution < 1.29 is 26.3 Å². The number of alkyl halides is 6. The van der Waals surface area contributed by atoms with Gasteiger partial charge in [0, 0.05) is 19.3 Å². The Kier molecular flexibility index (Phi) is 7.04. The molecule has 0 spiro atoms. The number of nitrogens with zero attached hydrogens (tertiary/aromatic N) is 3. The molecule has 0 unspecified atom stereocenters. The van der Waals surface area contributed by atoms with Crippen LogP contribution in [0.1, 0.15) is 13.8 Å². The average molecular weight is 324 g/mol. The summed E-state index contributed by atoms with van der Waals surface area (Å²) in [5, 5.41) is 2.89. The van der Waals surface area contributed by atoms with Gasteiger partial charge in [-0.25, -0.2) is 0 Å². The van der Waals surface area contributed by atoms with Gasteiger partial charge in [-0.2, -0.15) is 26.3 Å². The van der Waals surface area contributed by atoms with Crippen LogP contribution in [0.2, 0.25) is 0 Å². The summed E-state index contributed by atoms with van der Waals surface area (Å²) < 4.78 is 73.5. The quantitative estimate of drug-likeness (QED) is 0.427. The minimum Gasteiger partial charge on any atom is -0.378 e. The first-order valence-corrected chi connectivity index (χ1v) is 5.77. The number of allylic oxidation sites excluding steroid dienone is 1. The van der Waals surface area contributed by atoms with Crippen LogP contribution >= 0.6 is 11.6 Å². The van der Waals surface area contributed by atoms with Gasteiger partial charge in [-0.3, -0.25) is 0 Å². The second-order valence-corrected chi connectivity index (χ2v) is 3.77. The third-order valence-electron chi connectivity index (χ3n) is 2.03. The third-order valence-corrected chi connectivity index (χ3v) is 2.32. The van der Waals surface area contributed by atoms with Crippen LogP contribution < -0.4 is 0 Å². The molecular weight excluding hydrogens is 312 g/mol. The zero-order valence-electron chi connectivity index (χ0n) is 10.6. The molecule has 0 fully saturated rings. The van der Waals surface area contributed by atoms with Crippen molar-refractivity contribution >= 4 is 22.5 Å². The van der Waals surface area contributed by atoms with Crippen LogP contribution in [0, 0.1) is 0 Å². The van der Waals surface area contributed by atoms with Crippen LogP contribution in [0.15, 0.2) is 22.5 Å². The number of hydrogen-bond donors (Lipinski definition) is 0. The Balaban J connectivity index is 5.30. The van der Waals surface area contributed by atoms with Crippen molar-refractivity contribution in [3.8, 4) is 0 Å². The van der Waals surface area contributed by atoms with E-state index in [1.54, 1.807) is 13.8 Å². The van der Waals surface area contributed by atoms with E-state index in [1.807, 2.05) is 0 Å². The van der Waals surface area contributed by atoms with Gasteiger partial charge >= 0.3 is 12.4 Å². The van der Waals surface area contributed by atoms with Crippen LogP contribution in [0.5, 0.6) is 0 Å². The lowest BCUT2D eigenvalue weighted by molar-refractivity contribution is -0.0594. The highest BCUT2D eigenvalue weighted by atomic mass is 35.5. The largest absolute Gasteiger partial charge is 0.446 e. The molecule has 0 aliphatic heterocycles. The molecule has 3 nitrogen and oxygen atoms in total. The molecule has 0 heterocycles. The molecule has 20 heavy (non-hydrogen) atoms. The highest BCUT2D eigenvalue weighted by Gasteiger charge is 2.37. The highest BCUT2D eigenvalue weighted by molar-refractivity contribution is 6.66.